The Balaban J connectivity index is 1.58. The van der Waals surface area contributed by atoms with Gasteiger partial charge in [-0.05, 0) is 71.0 Å². The molecule has 0 radical (unpaired) electrons. The number of likely N-dealkylation sites (tertiary alicyclic amines) is 1. The van der Waals surface area contributed by atoms with Crippen molar-refractivity contribution >= 4 is 51.7 Å². The molecule has 176 valence electrons. The molecule has 4 aromatic rings. The molecular formula is C31H28ClNOS. The van der Waals surface area contributed by atoms with Crippen LogP contribution >= 0.6 is 23.4 Å². The van der Waals surface area contributed by atoms with Crippen molar-refractivity contribution in [3.8, 4) is 0 Å². The topological polar surface area (TPSA) is 20.3 Å². The number of rotatable bonds is 7. The fourth-order valence-corrected chi connectivity index (χ4v) is 5.94. The third-order valence-electron chi connectivity index (χ3n) is 6.45. The number of halogens is 1. The number of fused-ring (bicyclic) bond motifs is 1. The number of carbonyl (C=O) groups is 1. The summed E-state index contributed by atoms with van der Waals surface area (Å²) in [5.41, 5.74) is 4.20. The average molecular weight is 498 g/mol. The van der Waals surface area contributed by atoms with E-state index >= 15 is 0 Å². The molecule has 0 N–H and O–H groups in total. The molecular weight excluding hydrogens is 470 g/mol. The van der Waals surface area contributed by atoms with Gasteiger partial charge in [0.25, 0.3) is 5.91 Å². The van der Waals surface area contributed by atoms with Gasteiger partial charge in [0.1, 0.15) is 0 Å². The van der Waals surface area contributed by atoms with E-state index in [-0.39, 0.29) is 5.91 Å². The predicted molar refractivity (Wildman–Crippen MR) is 150 cm³/mol. The van der Waals surface area contributed by atoms with E-state index in [0.717, 1.165) is 75.5 Å². The van der Waals surface area contributed by atoms with Crippen LogP contribution in [0.2, 0.25) is 5.02 Å². The molecule has 1 fully saturated rings. The second-order valence-electron chi connectivity index (χ2n) is 8.84. The summed E-state index contributed by atoms with van der Waals surface area (Å²) in [6.07, 6.45) is 5.25. The summed E-state index contributed by atoms with van der Waals surface area (Å²) in [4.78, 5) is 16.8. The molecule has 1 aliphatic rings. The first-order chi connectivity index (χ1) is 17.2. The van der Waals surface area contributed by atoms with Crippen molar-refractivity contribution in [2.75, 3.05) is 18.8 Å². The highest BCUT2D eigenvalue weighted by Crippen LogP contribution is 2.35. The van der Waals surface area contributed by atoms with Gasteiger partial charge in [-0.25, -0.2) is 0 Å². The molecule has 4 aromatic carbocycles. The molecule has 1 aliphatic heterocycles. The molecule has 0 aliphatic carbocycles. The van der Waals surface area contributed by atoms with E-state index in [1.807, 2.05) is 35.2 Å². The first-order valence-corrected chi connectivity index (χ1v) is 13.5. The Morgan fingerprint density at radius 3 is 2.46 bits per heavy atom. The third kappa shape index (κ3) is 5.63. The van der Waals surface area contributed by atoms with Gasteiger partial charge in [0.05, 0.1) is 0 Å². The van der Waals surface area contributed by atoms with Crippen LogP contribution < -0.4 is 0 Å². The summed E-state index contributed by atoms with van der Waals surface area (Å²) >= 11 is 8.00. The van der Waals surface area contributed by atoms with Crippen LogP contribution in [0.15, 0.2) is 95.9 Å². The van der Waals surface area contributed by atoms with Crippen molar-refractivity contribution in [1.82, 2.24) is 4.90 Å². The minimum Gasteiger partial charge on any atom is -0.339 e. The fourth-order valence-electron chi connectivity index (χ4n) is 4.74. The normalized spacial score (nSPS) is 14.0. The molecule has 2 nitrogen and oxygen atoms in total. The lowest BCUT2D eigenvalue weighted by atomic mass is 9.90. The Hall–Kier alpha value is -3.01. The highest BCUT2D eigenvalue weighted by atomic mass is 35.5. The van der Waals surface area contributed by atoms with Gasteiger partial charge in [-0.3, -0.25) is 4.79 Å². The van der Waals surface area contributed by atoms with E-state index in [2.05, 4.69) is 66.7 Å². The second-order valence-corrected chi connectivity index (χ2v) is 10.4. The second kappa shape index (κ2) is 11.2. The zero-order valence-electron chi connectivity index (χ0n) is 19.6. The first-order valence-electron chi connectivity index (χ1n) is 12.1. The number of hydrogen-bond acceptors (Lipinski definition) is 2. The van der Waals surface area contributed by atoms with Gasteiger partial charge in [0, 0.05) is 34.3 Å². The van der Waals surface area contributed by atoms with Crippen molar-refractivity contribution in [3.63, 3.8) is 0 Å². The van der Waals surface area contributed by atoms with Crippen molar-refractivity contribution in [2.24, 2.45) is 0 Å². The lowest BCUT2D eigenvalue weighted by molar-refractivity contribution is 0.0792. The Morgan fingerprint density at radius 1 is 0.886 bits per heavy atom. The number of nitrogens with zero attached hydrogens (tertiary/aromatic N) is 1. The molecule has 1 heterocycles. The Kier molecular flexibility index (Phi) is 7.56. The van der Waals surface area contributed by atoms with Crippen LogP contribution in [0, 0.1) is 0 Å². The minimum atomic E-state index is 0.143. The minimum absolute atomic E-state index is 0.143. The Bertz CT molecular complexity index is 1360. The van der Waals surface area contributed by atoms with Gasteiger partial charge < -0.3 is 4.90 Å². The van der Waals surface area contributed by atoms with Crippen molar-refractivity contribution in [2.45, 2.75) is 24.2 Å². The van der Waals surface area contributed by atoms with Gasteiger partial charge in [-0.15, -0.1) is 11.8 Å². The summed E-state index contributed by atoms with van der Waals surface area (Å²) in [5.74, 6) is 1.03. The number of amides is 1. The summed E-state index contributed by atoms with van der Waals surface area (Å²) in [6, 6.07) is 30.9. The zero-order valence-corrected chi connectivity index (χ0v) is 21.2. The van der Waals surface area contributed by atoms with Crippen LogP contribution in [0.25, 0.3) is 22.4 Å². The number of carbonyl (C=O) groups excluding carboxylic acids is 1. The van der Waals surface area contributed by atoms with Crippen LogP contribution in [0.3, 0.4) is 0 Å². The van der Waals surface area contributed by atoms with Gasteiger partial charge in [0.2, 0.25) is 0 Å². The number of hydrogen-bond donors (Lipinski definition) is 0. The molecule has 0 atom stereocenters. The summed E-state index contributed by atoms with van der Waals surface area (Å²) < 4.78 is 0. The van der Waals surface area contributed by atoms with E-state index in [1.54, 1.807) is 11.8 Å². The molecule has 0 spiro atoms. The smallest absolute Gasteiger partial charge is 0.254 e. The lowest BCUT2D eigenvalue weighted by Gasteiger charge is -2.21. The Morgan fingerprint density at radius 2 is 1.66 bits per heavy atom. The molecule has 1 saturated heterocycles. The van der Waals surface area contributed by atoms with Gasteiger partial charge in [0.15, 0.2) is 0 Å². The molecule has 0 aromatic heterocycles. The quantitative estimate of drug-likeness (QED) is 0.188. The van der Waals surface area contributed by atoms with Gasteiger partial charge in [-0.1, -0.05) is 84.4 Å². The van der Waals surface area contributed by atoms with Gasteiger partial charge >= 0.3 is 0 Å². The lowest BCUT2D eigenvalue weighted by Crippen LogP contribution is -2.28. The molecule has 4 heteroatoms. The van der Waals surface area contributed by atoms with Crippen LogP contribution in [0.5, 0.6) is 0 Å². The monoisotopic (exact) mass is 497 g/mol. The van der Waals surface area contributed by atoms with Crippen LogP contribution in [-0.2, 0) is 0 Å². The SMILES string of the molecule is O=C(c1ccc2ccccc2c1/C(=C\c1ccccc1)CCSc1cccc(Cl)c1)N1CCCC1. The zero-order chi connectivity index (χ0) is 24.0. The standard InChI is InChI=1S/C31H28ClNOS/c32-26-12-8-13-27(22-26)35-20-17-25(21-23-9-2-1-3-10-23)30-28-14-5-4-11-24(28)15-16-29(30)31(34)33-18-6-7-19-33/h1-5,8-16,21-22H,6-7,17-20H2/b25-21-. The molecule has 5 rings (SSSR count). The van der Waals surface area contributed by atoms with Crippen molar-refractivity contribution in [3.05, 3.63) is 113 Å². The molecule has 1 amide bonds. The predicted octanol–water partition coefficient (Wildman–Crippen LogP) is 8.45. The van der Waals surface area contributed by atoms with E-state index in [4.69, 9.17) is 11.6 Å². The molecule has 0 unspecified atom stereocenters. The average Bonchev–Trinajstić information content (AvgIpc) is 3.43. The summed E-state index contributed by atoms with van der Waals surface area (Å²) in [6.45, 7) is 1.68. The van der Waals surface area contributed by atoms with Crippen LogP contribution in [0.4, 0.5) is 0 Å². The third-order valence-corrected chi connectivity index (χ3v) is 7.68. The van der Waals surface area contributed by atoms with E-state index in [0.29, 0.717) is 0 Å². The number of thioether (sulfide) groups is 1. The van der Waals surface area contributed by atoms with E-state index < -0.39 is 0 Å². The number of allylic oxidation sites excluding steroid dienone is 1. The maximum Gasteiger partial charge on any atom is 0.254 e. The maximum absolute atomic E-state index is 13.7. The largest absolute Gasteiger partial charge is 0.339 e. The summed E-state index contributed by atoms with van der Waals surface area (Å²) in [5, 5.41) is 3.04. The van der Waals surface area contributed by atoms with Crippen molar-refractivity contribution < 1.29 is 4.79 Å². The van der Waals surface area contributed by atoms with Crippen LogP contribution in [-0.4, -0.2) is 29.6 Å². The van der Waals surface area contributed by atoms with Crippen molar-refractivity contribution in [1.29, 1.82) is 0 Å². The highest BCUT2D eigenvalue weighted by Gasteiger charge is 2.24. The summed E-state index contributed by atoms with van der Waals surface area (Å²) in [7, 11) is 0. The first kappa shape index (κ1) is 23.7. The number of benzene rings is 4. The molecule has 35 heavy (non-hydrogen) atoms. The highest BCUT2D eigenvalue weighted by molar-refractivity contribution is 7.99. The molecule has 0 saturated carbocycles. The Labute approximate surface area is 216 Å². The van der Waals surface area contributed by atoms with E-state index in [1.165, 1.54) is 5.57 Å². The van der Waals surface area contributed by atoms with Crippen LogP contribution in [0.1, 0.15) is 40.7 Å². The van der Waals surface area contributed by atoms with Gasteiger partial charge in [-0.2, -0.15) is 0 Å². The van der Waals surface area contributed by atoms with E-state index in [9.17, 15) is 4.79 Å². The fraction of sp³-hybridized carbons (Fsp3) is 0.194. The molecule has 0 bridgehead atoms. The maximum atomic E-state index is 13.7.